The molecule has 0 radical (unpaired) electrons. The molecule has 0 N–H and O–H groups in total. The molecule has 0 spiro atoms. The van der Waals surface area contributed by atoms with Crippen LogP contribution in [-0.4, -0.2) is 27.5 Å². The fourth-order valence-electron chi connectivity index (χ4n) is 0.625. The van der Waals surface area contributed by atoms with Crippen LogP contribution in [0.15, 0.2) is 61.2 Å². The van der Waals surface area contributed by atoms with Gasteiger partial charge in [0.1, 0.15) is 0 Å². The van der Waals surface area contributed by atoms with Gasteiger partial charge in [-0.25, -0.2) is 0 Å². The quantitative estimate of drug-likeness (QED) is 0.509. The van der Waals surface area contributed by atoms with Gasteiger partial charge in [0.15, 0.2) is 0 Å². The topological polar surface area (TPSA) is 106 Å². The van der Waals surface area contributed by atoms with E-state index in [9.17, 15) is 0 Å². The lowest BCUT2D eigenvalue weighted by molar-refractivity contribution is 0.352. The first-order valence-electron chi connectivity index (χ1n) is 4.37. The van der Waals surface area contributed by atoms with Crippen molar-refractivity contribution in [2.24, 2.45) is 0 Å². The predicted molar refractivity (Wildman–Crippen MR) is 58.9 cm³/mol. The second kappa shape index (κ2) is 9.40. The molecule has 0 bridgehead atoms. The number of aromatic nitrogens is 2. The van der Waals surface area contributed by atoms with Gasteiger partial charge in [-0.1, -0.05) is 12.1 Å². The maximum atomic E-state index is 8.52. The molecule has 2 heterocycles. The lowest BCUT2D eigenvalue weighted by Gasteiger charge is -2.06. The monoisotopic (exact) mass is 254 g/mol. The van der Waals surface area contributed by atoms with E-state index in [0.29, 0.717) is 0 Å². The van der Waals surface area contributed by atoms with Gasteiger partial charge in [-0.15, -0.1) is 0 Å². The molecule has 0 aromatic carbocycles. The van der Waals surface area contributed by atoms with Crippen LogP contribution >= 0.6 is 0 Å². The maximum absolute atomic E-state index is 8.52. The molecule has 92 valence electrons. The van der Waals surface area contributed by atoms with Crippen LogP contribution < -0.4 is 0 Å². The second-order valence-electron chi connectivity index (χ2n) is 2.46. The standard InChI is InChI=1S/2C5H5N.H2O4S/c2*1-2-4-6-5-3-1;1-5(2,3)4/h2*1-5H;(H2,1,2,3,4)/p-2. The van der Waals surface area contributed by atoms with E-state index in [1.165, 1.54) is 0 Å². The summed E-state index contributed by atoms with van der Waals surface area (Å²) >= 11 is 0. The number of hydrogen-bond acceptors (Lipinski definition) is 6. The van der Waals surface area contributed by atoms with E-state index in [1.807, 2.05) is 36.4 Å². The minimum absolute atomic E-state index is 1.75. The van der Waals surface area contributed by atoms with Crippen LogP contribution in [0.25, 0.3) is 0 Å². The molecule has 2 aromatic heterocycles. The summed E-state index contributed by atoms with van der Waals surface area (Å²) in [5.41, 5.74) is 0. The maximum Gasteiger partial charge on any atom is 0.0311 e. The lowest BCUT2D eigenvalue weighted by atomic mass is 10.5. The Morgan fingerprint density at radius 3 is 0.941 bits per heavy atom. The SMILES string of the molecule is O=S(=O)([O-])[O-].c1ccncc1.c1ccncc1. The molecule has 0 aliphatic heterocycles. The number of nitrogens with zero attached hydrogens (tertiary/aromatic N) is 2. The van der Waals surface area contributed by atoms with Gasteiger partial charge >= 0.3 is 0 Å². The molecule has 0 unspecified atom stereocenters. The van der Waals surface area contributed by atoms with E-state index in [-0.39, 0.29) is 0 Å². The summed E-state index contributed by atoms with van der Waals surface area (Å²) in [5.74, 6) is 0. The van der Waals surface area contributed by atoms with E-state index < -0.39 is 10.4 Å². The number of pyridine rings is 2. The fraction of sp³-hybridized carbons (Fsp3) is 0. The molecule has 0 saturated heterocycles. The third-order valence-electron chi connectivity index (χ3n) is 1.13. The van der Waals surface area contributed by atoms with Crippen LogP contribution in [0.1, 0.15) is 0 Å². The van der Waals surface area contributed by atoms with Gasteiger partial charge < -0.3 is 9.11 Å². The summed E-state index contributed by atoms with van der Waals surface area (Å²) in [4.78, 5) is 7.57. The molecule has 2 aromatic rings. The first kappa shape index (κ1) is 15.2. The molecule has 17 heavy (non-hydrogen) atoms. The zero-order chi connectivity index (χ0) is 13.0. The summed E-state index contributed by atoms with van der Waals surface area (Å²) in [6.45, 7) is 0. The van der Waals surface area contributed by atoms with Crippen LogP contribution in [0, 0.1) is 0 Å². The molecule has 0 fully saturated rings. The van der Waals surface area contributed by atoms with Gasteiger partial charge in [0, 0.05) is 35.2 Å². The van der Waals surface area contributed by atoms with Crippen molar-refractivity contribution in [2.75, 3.05) is 0 Å². The summed E-state index contributed by atoms with van der Waals surface area (Å²) in [7, 11) is -5.17. The van der Waals surface area contributed by atoms with Gasteiger partial charge in [-0.2, -0.15) is 0 Å². The summed E-state index contributed by atoms with van der Waals surface area (Å²) in [5, 5.41) is 0. The highest BCUT2D eigenvalue weighted by atomic mass is 32.3. The molecular formula is C10H10N2O4S-2. The van der Waals surface area contributed by atoms with E-state index >= 15 is 0 Å². The van der Waals surface area contributed by atoms with Crippen molar-refractivity contribution in [3.05, 3.63) is 61.2 Å². The first-order chi connectivity index (χ1) is 8.00. The van der Waals surface area contributed by atoms with Crippen molar-refractivity contribution in [3.8, 4) is 0 Å². The number of rotatable bonds is 0. The minimum atomic E-state index is -5.17. The highest BCUT2D eigenvalue weighted by molar-refractivity contribution is 7.79. The van der Waals surface area contributed by atoms with E-state index in [1.54, 1.807) is 24.8 Å². The van der Waals surface area contributed by atoms with E-state index in [4.69, 9.17) is 17.5 Å². The fourth-order valence-corrected chi connectivity index (χ4v) is 0.625. The molecule has 2 rings (SSSR count). The molecule has 6 nitrogen and oxygen atoms in total. The third kappa shape index (κ3) is 20.3. The smallest absolute Gasteiger partial charge is 0.0311 e. The molecular weight excluding hydrogens is 244 g/mol. The van der Waals surface area contributed by atoms with Crippen LogP contribution in [-0.2, 0) is 10.4 Å². The molecule has 0 amide bonds. The van der Waals surface area contributed by atoms with E-state index in [2.05, 4.69) is 9.97 Å². The minimum Gasteiger partial charge on any atom is -0.759 e. The number of hydrogen-bond donors (Lipinski definition) is 0. The Bertz CT molecular complexity index is 369. The Morgan fingerprint density at radius 2 is 0.882 bits per heavy atom. The van der Waals surface area contributed by atoms with Crippen LogP contribution in [0.5, 0.6) is 0 Å². The van der Waals surface area contributed by atoms with Gasteiger partial charge in [-0.3, -0.25) is 18.4 Å². The molecule has 0 aliphatic rings. The average Bonchev–Trinajstić information content (AvgIpc) is 2.32. The first-order valence-corrected chi connectivity index (χ1v) is 5.70. The van der Waals surface area contributed by atoms with Crippen molar-refractivity contribution in [3.63, 3.8) is 0 Å². The van der Waals surface area contributed by atoms with Gasteiger partial charge in [0.05, 0.1) is 0 Å². The van der Waals surface area contributed by atoms with Crippen molar-refractivity contribution >= 4 is 10.4 Å². The Hall–Kier alpha value is -1.83. The molecule has 0 aliphatic carbocycles. The lowest BCUT2D eigenvalue weighted by Crippen LogP contribution is -1.91. The highest BCUT2D eigenvalue weighted by Crippen LogP contribution is 1.74. The molecule has 0 atom stereocenters. The van der Waals surface area contributed by atoms with Gasteiger partial charge in [-0.05, 0) is 24.3 Å². The van der Waals surface area contributed by atoms with Crippen LogP contribution in [0.2, 0.25) is 0 Å². The average molecular weight is 254 g/mol. The Morgan fingerprint density at radius 1 is 0.647 bits per heavy atom. The van der Waals surface area contributed by atoms with Crippen LogP contribution in [0.4, 0.5) is 0 Å². The van der Waals surface area contributed by atoms with Crippen molar-refractivity contribution in [1.82, 2.24) is 9.97 Å². The largest absolute Gasteiger partial charge is 0.759 e. The Labute approximate surface area is 99.6 Å². The molecule has 7 heteroatoms. The van der Waals surface area contributed by atoms with Gasteiger partial charge in [0.25, 0.3) is 0 Å². The normalized spacial score (nSPS) is 9.06. The van der Waals surface area contributed by atoms with Crippen molar-refractivity contribution < 1.29 is 17.5 Å². The zero-order valence-corrected chi connectivity index (χ0v) is 9.53. The summed E-state index contributed by atoms with van der Waals surface area (Å²) in [6, 6.07) is 11.4. The van der Waals surface area contributed by atoms with Crippen molar-refractivity contribution in [2.45, 2.75) is 0 Å². The highest BCUT2D eigenvalue weighted by Gasteiger charge is 1.59. The Kier molecular flexibility index (Phi) is 8.39. The predicted octanol–water partition coefficient (Wildman–Crippen LogP) is 0.825. The molecule has 0 saturated carbocycles. The van der Waals surface area contributed by atoms with Crippen molar-refractivity contribution in [1.29, 1.82) is 0 Å². The Balaban J connectivity index is 0.000000228. The van der Waals surface area contributed by atoms with Crippen LogP contribution in [0.3, 0.4) is 0 Å². The van der Waals surface area contributed by atoms with E-state index in [0.717, 1.165) is 0 Å². The zero-order valence-electron chi connectivity index (χ0n) is 8.71. The summed E-state index contributed by atoms with van der Waals surface area (Å²) in [6.07, 6.45) is 7.00. The second-order valence-corrected chi connectivity index (χ2v) is 3.27. The summed E-state index contributed by atoms with van der Waals surface area (Å²) < 4.78 is 34.1. The third-order valence-corrected chi connectivity index (χ3v) is 1.13. The van der Waals surface area contributed by atoms with Gasteiger partial charge in [0.2, 0.25) is 0 Å².